The second-order valence-electron chi connectivity index (χ2n) is 5.93. The Morgan fingerprint density at radius 1 is 1.41 bits per heavy atom. The van der Waals surface area contributed by atoms with Crippen molar-refractivity contribution in [3.63, 3.8) is 0 Å². The number of carbonyl (C=O) groups is 1. The van der Waals surface area contributed by atoms with Crippen molar-refractivity contribution in [2.75, 3.05) is 20.2 Å². The van der Waals surface area contributed by atoms with Gasteiger partial charge in [-0.15, -0.1) is 0 Å². The van der Waals surface area contributed by atoms with Crippen LogP contribution >= 0.6 is 0 Å². The maximum Gasteiger partial charge on any atom is 0.225 e. The van der Waals surface area contributed by atoms with Crippen molar-refractivity contribution in [2.45, 2.75) is 50.7 Å². The zero-order valence-corrected chi connectivity index (χ0v) is 11.0. The molecule has 0 spiro atoms. The molecular weight excluding hydrogens is 218 g/mol. The molecule has 1 heterocycles. The quantitative estimate of drug-likeness (QED) is 0.804. The molecule has 2 fully saturated rings. The van der Waals surface area contributed by atoms with Gasteiger partial charge in [0.25, 0.3) is 0 Å². The Morgan fingerprint density at radius 3 is 2.35 bits per heavy atom. The van der Waals surface area contributed by atoms with Crippen LogP contribution in [0.25, 0.3) is 0 Å². The SMILES string of the molecule is COC1(CC(=O)N2CC(O)(C(C)C)C2)CCC1. The minimum Gasteiger partial charge on any atom is -0.386 e. The molecule has 1 N–H and O–H groups in total. The third-order valence-corrected chi connectivity index (χ3v) is 4.53. The molecule has 0 unspecified atom stereocenters. The highest BCUT2D eigenvalue weighted by molar-refractivity contribution is 5.78. The first kappa shape index (κ1) is 12.8. The van der Waals surface area contributed by atoms with Gasteiger partial charge in [-0.25, -0.2) is 0 Å². The largest absolute Gasteiger partial charge is 0.386 e. The molecule has 2 rings (SSSR count). The van der Waals surface area contributed by atoms with Gasteiger partial charge in [-0.1, -0.05) is 13.8 Å². The number of rotatable bonds is 4. The Kier molecular flexibility index (Phi) is 3.21. The van der Waals surface area contributed by atoms with Crippen LogP contribution < -0.4 is 0 Å². The van der Waals surface area contributed by atoms with Crippen LogP contribution in [0.4, 0.5) is 0 Å². The first-order valence-corrected chi connectivity index (χ1v) is 6.46. The number of methoxy groups -OCH3 is 1. The van der Waals surface area contributed by atoms with Gasteiger partial charge < -0.3 is 14.7 Å². The summed E-state index contributed by atoms with van der Waals surface area (Å²) in [5, 5.41) is 10.1. The molecule has 0 radical (unpaired) electrons. The van der Waals surface area contributed by atoms with E-state index in [-0.39, 0.29) is 17.4 Å². The fourth-order valence-electron chi connectivity index (χ4n) is 2.57. The number of likely N-dealkylation sites (tertiary alicyclic amines) is 1. The predicted molar refractivity (Wildman–Crippen MR) is 64.6 cm³/mol. The van der Waals surface area contributed by atoms with E-state index in [1.807, 2.05) is 13.8 Å². The fourth-order valence-corrected chi connectivity index (χ4v) is 2.57. The van der Waals surface area contributed by atoms with Crippen LogP contribution in [0.2, 0.25) is 0 Å². The van der Waals surface area contributed by atoms with Gasteiger partial charge >= 0.3 is 0 Å². The number of amides is 1. The lowest BCUT2D eigenvalue weighted by molar-refractivity contribution is -0.172. The highest BCUT2D eigenvalue weighted by atomic mass is 16.5. The molecule has 1 aliphatic heterocycles. The van der Waals surface area contributed by atoms with E-state index in [0.717, 1.165) is 19.3 Å². The van der Waals surface area contributed by atoms with Crippen molar-refractivity contribution in [1.82, 2.24) is 4.90 Å². The summed E-state index contributed by atoms with van der Waals surface area (Å²) < 4.78 is 5.45. The van der Waals surface area contributed by atoms with E-state index in [2.05, 4.69) is 0 Å². The third-order valence-electron chi connectivity index (χ3n) is 4.53. The summed E-state index contributed by atoms with van der Waals surface area (Å²) in [5.41, 5.74) is -0.877. The van der Waals surface area contributed by atoms with Gasteiger partial charge in [0, 0.05) is 7.11 Å². The highest BCUT2D eigenvalue weighted by Crippen LogP contribution is 2.39. The Morgan fingerprint density at radius 2 is 2.00 bits per heavy atom. The zero-order valence-electron chi connectivity index (χ0n) is 11.0. The number of β-amino-alcohol motifs (C(OH)–C–C–N with tert-alkyl or cyclic N) is 1. The molecule has 4 nitrogen and oxygen atoms in total. The molecule has 4 heteroatoms. The number of aliphatic hydroxyl groups is 1. The molecule has 0 atom stereocenters. The molecular formula is C13H23NO3. The monoisotopic (exact) mass is 241 g/mol. The Balaban J connectivity index is 1.83. The van der Waals surface area contributed by atoms with Crippen molar-refractivity contribution in [2.24, 2.45) is 5.92 Å². The van der Waals surface area contributed by atoms with E-state index in [1.165, 1.54) is 0 Å². The third kappa shape index (κ3) is 2.20. The van der Waals surface area contributed by atoms with Crippen LogP contribution in [-0.2, 0) is 9.53 Å². The highest BCUT2D eigenvalue weighted by Gasteiger charge is 2.48. The number of ether oxygens (including phenoxy) is 1. The number of carbonyl (C=O) groups excluding carboxylic acids is 1. The van der Waals surface area contributed by atoms with Gasteiger partial charge in [-0.2, -0.15) is 0 Å². The second-order valence-corrected chi connectivity index (χ2v) is 5.93. The Labute approximate surface area is 103 Å². The molecule has 2 aliphatic rings. The molecule has 0 aromatic carbocycles. The van der Waals surface area contributed by atoms with E-state index in [4.69, 9.17) is 4.74 Å². The summed E-state index contributed by atoms with van der Waals surface area (Å²) in [4.78, 5) is 13.8. The summed E-state index contributed by atoms with van der Waals surface area (Å²) in [6.07, 6.45) is 3.59. The van der Waals surface area contributed by atoms with E-state index >= 15 is 0 Å². The Bertz CT molecular complexity index is 298. The van der Waals surface area contributed by atoms with Crippen molar-refractivity contribution in [3.8, 4) is 0 Å². The maximum absolute atomic E-state index is 12.0. The average Bonchev–Trinajstić information content (AvgIpc) is 2.18. The molecule has 0 aromatic rings. The first-order chi connectivity index (χ1) is 7.91. The molecule has 1 saturated carbocycles. The average molecular weight is 241 g/mol. The molecule has 1 amide bonds. The van der Waals surface area contributed by atoms with Gasteiger partial charge in [-0.3, -0.25) is 4.79 Å². The predicted octanol–water partition coefficient (Wildman–Crippen LogP) is 1.17. The summed E-state index contributed by atoms with van der Waals surface area (Å²) in [6.45, 7) is 4.93. The van der Waals surface area contributed by atoms with Crippen molar-refractivity contribution < 1.29 is 14.6 Å². The van der Waals surface area contributed by atoms with Crippen LogP contribution in [0.1, 0.15) is 39.5 Å². The van der Waals surface area contributed by atoms with Crippen LogP contribution in [0.3, 0.4) is 0 Å². The number of nitrogens with zero attached hydrogens (tertiary/aromatic N) is 1. The topological polar surface area (TPSA) is 49.8 Å². The summed E-state index contributed by atoms with van der Waals surface area (Å²) in [6, 6.07) is 0. The van der Waals surface area contributed by atoms with Crippen LogP contribution in [-0.4, -0.2) is 47.3 Å². The lowest BCUT2D eigenvalue weighted by atomic mass is 9.76. The number of hydrogen-bond donors (Lipinski definition) is 1. The second kappa shape index (κ2) is 4.25. The van der Waals surface area contributed by atoms with Crippen LogP contribution in [0, 0.1) is 5.92 Å². The van der Waals surface area contributed by atoms with Crippen LogP contribution in [0.15, 0.2) is 0 Å². The molecule has 1 saturated heterocycles. The fraction of sp³-hybridized carbons (Fsp3) is 0.923. The van der Waals surface area contributed by atoms with E-state index in [1.54, 1.807) is 12.0 Å². The minimum absolute atomic E-state index is 0.122. The zero-order chi connectivity index (χ0) is 12.7. The standard InChI is InChI=1S/C13H23NO3/c1-10(2)13(16)8-14(9-13)11(15)7-12(17-3)5-4-6-12/h10,16H,4-9H2,1-3H3. The molecule has 0 bridgehead atoms. The van der Waals surface area contributed by atoms with Gasteiger partial charge in [-0.05, 0) is 25.2 Å². The number of hydrogen-bond acceptors (Lipinski definition) is 3. The van der Waals surface area contributed by atoms with Gasteiger partial charge in [0.2, 0.25) is 5.91 Å². The molecule has 98 valence electrons. The smallest absolute Gasteiger partial charge is 0.225 e. The van der Waals surface area contributed by atoms with E-state index in [9.17, 15) is 9.90 Å². The van der Waals surface area contributed by atoms with Gasteiger partial charge in [0.1, 0.15) is 5.60 Å². The lowest BCUT2D eigenvalue weighted by Gasteiger charge is -2.50. The van der Waals surface area contributed by atoms with Gasteiger partial charge in [0.05, 0.1) is 25.1 Å². The van der Waals surface area contributed by atoms with Crippen molar-refractivity contribution in [3.05, 3.63) is 0 Å². The summed E-state index contributed by atoms with van der Waals surface area (Å²) >= 11 is 0. The normalized spacial score (nSPS) is 25.4. The minimum atomic E-state index is -0.671. The summed E-state index contributed by atoms with van der Waals surface area (Å²) in [5.74, 6) is 0.323. The molecule has 0 aromatic heterocycles. The van der Waals surface area contributed by atoms with E-state index < -0.39 is 5.60 Å². The van der Waals surface area contributed by atoms with Crippen molar-refractivity contribution >= 4 is 5.91 Å². The van der Waals surface area contributed by atoms with Gasteiger partial charge in [0.15, 0.2) is 0 Å². The lowest BCUT2D eigenvalue weighted by Crippen LogP contribution is -2.66. The van der Waals surface area contributed by atoms with E-state index in [0.29, 0.717) is 19.5 Å². The molecule has 1 aliphatic carbocycles. The molecule has 17 heavy (non-hydrogen) atoms. The summed E-state index contributed by atoms with van der Waals surface area (Å²) in [7, 11) is 1.69. The Hall–Kier alpha value is -0.610. The van der Waals surface area contributed by atoms with Crippen molar-refractivity contribution in [1.29, 1.82) is 0 Å². The first-order valence-electron chi connectivity index (χ1n) is 6.46. The van der Waals surface area contributed by atoms with Crippen LogP contribution in [0.5, 0.6) is 0 Å². The maximum atomic E-state index is 12.0.